The van der Waals surface area contributed by atoms with Crippen molar-refractivity contribution in [3.05, 3.63) is 34.3 Å². The van der Waals surface area contributed by atoms with Gasteiger partial charge in [0, 0.05) is 12.1 Å². The van der Waals surface area contributed by atoms with E-state index >= 15 is 0 Å². The van der Waals surface area contributed by atoms with E-state index in [0.29, 0.717) is 11.3 Å². The lowest BCUT2D eigenvalue weighted by atomic mass is 10.0. The maximum Gasteiger partial charge on any atom is 0.276 e. The van der Waals surface area contributed by atoms with Crippen molar-refractivity contribution in [1.29, 1.82) is 0 Å². The van der Waals surface area contributed by atoms with Crippen LogP contribution in [-0.2, 0) is 0 Å². The van der Waals surface area contributed by atoms with Gasteiger partial charge in [-0.05, 0) is 12.1 Å². The minimum Gasteiger partial charge on any atom is -0.311 e. The summed E-state index contributed by atoms with van der Waals surface area (Å²) in [6, 6.07) is 0. The number of rotatable bonds is 1. The van der Waals surface area contributed by atoms with Crippen molar-refractivity contribution in [2.45, 2.75) is 18.0 Å². The lowest BCUT2D eigenvalue weighted by molar-refractivity contribution is 0.803. The Labute approximate surface area is 88.3 Å². The SMILES string of the molecule is O=c1[nH]cnc2c1N=CC2C1CC=CP1. The molecular weight excluding hydrogens is 209 g/mol. The van der Waals surface area contributed by atoms with Crippen molar-refractivity contribution in [2.75, 3.05) is 0 Å². The summed E-state index contributed by atoms with van der Waals surface area (Å²) in [5, 5.41) is 0. The number of nitrogens with one attached hydrogen (secondary N) is 1. The Morgan fingerprint density at radius 3 is 3.27 bits per heavy atom. The van der Waals surface area contributed by atoms with E-state index in [1.54, 1.807) is 0 Å². The normalized spacial score (nSPS) is 28.8. The smallest absolute Gasteiger partial charge is 0.276 e. The van der Waals surface area contributed by atoms with Crippen LogP contribution in [0.2, 0.25) is 0 Å². The van der Waals surface area contributed by atoms with Crippen LogP contribution < -0.4 is 5.56 Å². The van der Waals surface area contributed by atoms with Crippen LogP contribution in [0.4, 0.5) is 5.69 Å². The zero-order valence-electron chi connectivity index (χ0n) is 7.97. The van der Waals surface area contributed by atoms with Gasteiger partial charge < -0.3 is 4.98 Å². The van der Waals surface area contributed by atoms with E-state index in [4.69, 9.17) is 0 Å². The van der Waals surface area contributed by atoms with E-state index in [0.717, 1.165) is 20.7 Å². The highest BCUT2D eigenvalue weighted by atomic mass is 31.1. The topological polar surface area (TPSA) is 58.1 Å². The Hall–Kier alpha value is -1.28. The molecule has 0 saturated heterocycles. The van der Waals surface area contributed by atoms with Gasteiger partial charge in [-0.3, -0.25) is 9.79 Å². The molecule has 0 bridgehead atoms. The first-order chi connectivity index (χ1) is 7.36. The largest absolute Gasteiger partial charge is 0.311 e. The molecule has 3 rings (SSSR count). The Kier molecular flexibility index (Phi) is 2.03. The second kappa shape index (κ2) is 3.38. The van der Waals surface area contributed by atoms with Crippen molar-refractivity contribution in [1.82, 2.24) is 9.97 Å². The molecule has 3 atom stereocenters. The molecule has 15 heavy (non-hydrogen) atoms. The fourth-order valence-electron chi connectivity index (χ4n) is 2.02. The van der Waals surface area contributed by atoms with Crippen molar-refractivity contribution in [2.24, 2.45) is 4.99 Å². The number of fused-ring (bicyclic) bond motifs is 1. The molecule has 2 aliphatic heterocycles. The molecule has 0 aromatic carbocycles. The van der Waals surface area contributed by atoms with E-state index in [1.807, 2.05) is 6.21 Å². The summed E-state index contributed by atoms with van der Waals surface area (Å²) < 4.78 is 0. The molecule has 1 aromatic rings. The Morgan fingerprint density at radius 2 is 2.47 bits per heavy atom. The summed E-state index contributed by atoms with van der Waals surface area (Å²) >= 11 is 0. The number of allylic oxidation sites excluding steroid dienone is 1. The van der Waals surface area contributed by atoms with Crippen LogP contribution in [0.25, 0.3) is 0 Å². The maximum atomic E-state index is 11.4. The Bertz CT molecular complexity index is 498. The van der Waals surface area contributed by atoms with Gasteiger partial charge in [-0.1, -0.05) is 20.5 Å². The number of aromatic nitrogens is 2. The van der Waals surface area contributed by atoms with Crippen molar-refractivity contribution >= 4 is 20.5 Å². The molecule has 0 amide bonds. The summed E-state index contributed by atoms with van der Waals surface area (Å²) in [6.45, 7) is 0. The van der Waals surface area contributed by atoms with Crippen LogP contribution in [0.3, 0.4) is 0 Å². The lowest BCUT2D eigenvalue weighted by Gasteiger charge is -2.14. The van der Waals surface area contributed by atoms with Gasteiger partial charge in [0.1, 0.15) is 5.69 Å². The zero-order chi connectivity index (χ0) is 10.3. The van der Waals surface area contributed by atoms with Gasteiger partial charge in [-0.2, -0.15) is 0 Å². The molecule has 1 aromatic heterocycles. The minimum atomic E-state index is -0.131. The quantitative estimate of drug-likeness (QED) is 0.728. The molecular formula is C10H10N3OP. The molecule has 0 fully saturated rings. The number of H-pyrrole nitrogens is 1. The molecule has 2 aliphatic rings. The zero-order valence-corrected chi connectivity index (χ0v) is 8.97. The van der Waals surface area contributed by atoms with Crippen LogP contribution in [0.1, 0.15) is 18.0 Å². The molecule has 0 radical (unpaired) electrons. The average molecular weight is 219 g/mol. The maximum absolute atomic E-state index is 11.4. The number of aromatic amines is 1. The van der Waals surface area contributed by atoms with Gasteiger partial charge in [0.25, 0.3) is 5.56 Å². The third-order valence-corrected chi connectivity index (χ3v) is 4.24. The Morgan fingerprint density at radius 1 is 1.53 bits per heavy atom. The molecule has 3 heterocycles. The van der Waals surface area contributed by atoms with Crippen LogP contribution in [0, 0.1) is 0 Å². The minimum absolute atomic E-state index is 0.131. The lowest BCUT2D eigenvalue weighted by Crippen LogP contribution is -2.14. The van der Waals surface area contributed by atoms with Gasteiger partial charge in [0.05, 0.1) is 12.0 Å². The predicted octanol–water partition coefficient (Wildman–Crippen LogP) is 1.53. The Balaban J connectivity index is 2.01. The third-order valence-electron chi connectivity index (χ3n) is 2.79. The molecule has 0 saturated carbocycles. The second-order valence-corrected chi connectivity index (χ2v) is 5.09. The molecule has 0 aliphatic carbocycles. The van der Waals surface area contributed by atoms with Crippen molar-refractivity contribution < 1.29 is 0 Å². The highest BCUT2D eigenvalue weighted by Crippen LogP contribution is 2.42. The van der Waals surface area contributed by atoms with Crippen LogP contribution in [-0.4, -0.2) is 21.8 Å². The molecule has 5 heteroatoms. The van der Waals surface area contributed by atoms with Gasteiger partial charge >= 0.3 is 0 Å². The number of hydrogen-bond acceptors (Lipinski definition) is 3. The fourth-order valence-corrected chi connectivity index (χ4v) is 3.26. The average Bonchev–Trinajstić information content (AvgIpc) is 2.85. The highest BCUT2D eigenvalue weighted by molar-refractivity contribution is 7.43. The second-order valence-electron chi connectivity index (χ2n) is 3.68. The highest BCUT2D eigenvalue weighted by Gasteiger charge is 2.30. The summed E-state index contributed by atoms with van der Waals surface area (Å²) in [4.78, 5) is 22.4. The molecule has 76 valence electrons. The van der Waals surface area contributed by atoms with Crippen LogP contribution in [0.15, 0.2) is 28.0 Å². The monoisotopic (exact) mass is 219 g/mol. The van der Waals surface area contributed by atoms with Crippen molar-refractivity contribution in [3.63, 3.8) is 0 Å². The van der Waals surface area contributed by atoms with Crippen molar-refractivity contribution in [3.8, 4) is 0 Å². The predicted molar refractivity (Wildman–Crippen MR) is 61.6 cm³/mol. The van der Waals surface area contributed by atoms with Crippen LogP contribution in [0.5, 0.6) is 0 Å². The molecule has 0 spiro atoms. The first kappa shape index (κ1) is 8.98. The number of nitrogens with zero attached hydrogens (tertiary/aromatic N) is 2. The van der Waals surface area contributed by atoms with E-state index in [9.17, 15) is 4.79 Å². The van der Waals surface area contributed by atoms with Gasteiger partial charge in [-0.25, -0.2) is 4.98 Å². The van der Waals surface area contributed by atoms with E-state index < -0.39 is 0 Å². The first-order valence-corrected chi connectivity index (χ1v) is 6.04. The summed E-state index contributed by atoms with van der Waals surface area (Å²) in [5.74, 6) is 2.44. The number of aliphatic imine (C=N–C) groups is 1. The van der Waals surface area contributed by atoms with E-state index in [-0.39, 0.29) is 11.5 Å². The number of hydrogen-bond donors (Lipinski definition) is 1. The molecule has 4 nitrogen and oxygen atoms in total. The van der Waals surface area contributed by atoms with Gasteiger partial charge in [0.2, 0.25) is 0 Å². The molecule has 3 unspecified atom stereocenters. The summed E-state index contributed by atoms with van der Waals surface area (Å²) in [7, 11) is 0.818. The van der Waals surface area contributed by atoms with Gasteiger partial charge in [-0.15, -0.1) is 0 Å². The molecule has 1 N–H and O–H groups in total. The van der Waals surface area contributed by atoms with Gasteiger partial charge in [0.15, 0.2) is 0 Å². The summed E-state index contributed by atoms with van der Waals surface area (Å²) in [6.07, 6.45) is 6.61. The summed E-state index contributed by atoms with van der Waals surface area (Å²) in [5.41, 5.74) is 1.77. The standard InChI is InChI=1S/C10H10N3OP/c14-10-9-8(12-5-13-10)6(4-11-9)7-2-1-3-15-7/h1,3-7,15H,2H2,(H,12,13,14). The fraction of sp³-hybridized carbons (Fsp3) is 0.300. The van der Waals surface area contributed by atoms with E-state index in [1.165, 1.54) is 6.33 Å². The first-order valence-electron chi connectivity index (χ1n) is 4.89. The third kappa shape index (κ3) is 1.37. The van der Waals surface area contributed by atoms with Crippen LogP contribution >= 0.6 is 8.58 Å². The van der Waals surface area contributed by atoms with E-state index in [2.05, 4.69) is 26.9 Å².